The van der Waals surface area contributed by atoms with E-state index in [4.69, 9.17) is 4.98 Å². The van der Waals surface area contributed by atoms with E-state index < -0.39 is 0 Å². The van der Waals surface area contributed by atoms with Gasteiger partial charge in [0, 0.05) is 17.5 Å². The molecule has 0 radical (unpaired) electrons. The number of nitrogens with zero attached hydrogens (tertiary/aromatic N) is 3. The summed E-state index contributed by atoms with van der Waals surface area (Å²) in [6.45, 7) is 3.90. The van der Waals surface area contributed by atoms with Crippen LogP contribution in [0.1, 0.15) is 34.8 Å². The quantitative estimate of drug-likeness (QED) is 0.687. The predicted molar refractivity (Wildman–Crippen MR) is 94.2 cm³/mol. The lowest BCUT2D eigenvalue weighted by Crippen LogP contribution is -2.20. The molecule has 4 rings (SSSR count). The summed E-state index contributed by atoms with van der Waals surface area (Å²) >= 11 is 1.77. The van der Waals surface area contributed by atoms with Crippen LogP contribution >= 0.6 is 11.3 Å². The van der Waals surface area contributed by atoms with Crippen LogP contribution in [-0.2, 0) is 19.9 Å². The van der Waals surface area contributed by atoms with E-state index in [0.29, 0.717) is 5.39 Å². The van der Waals surface area contributed by atoms with E-state index in [0.717, 1.165) is 40.3 Å². The molecule has 1 aliphatic carbocycles. The number of aryl methyl sites for hydroxylation is 4. The molecule has 0 fully saturated rings. The number of hydrogen-bond acceptors (Lipinski definition) is 4. The van der Waals surface area contributed by atoms with E-state index >= 15 is 0 Å². The Kier molecular flexibility index (Phi) is 3.34. The molecular weight excluding hydrogens is 306 g/mol. The van der Waals surface area contributed by atoms with Gasteiger partial charge in [-0.05, 0) is 57.2 Å². The van der Waals surface area contributed by atoms with Crippen molar-refractivity contribution in [1.29, 1.82) is 0 Å². The van der Waals surface area contributed by atoms with Crippen LogP contribution in [0.25, 0.3) is 21.5 Å². The van der Waals surface area contributed by atoms with E-state index in [9.17, 15) is 4.79 Å². The van der Waals surface area contributed by atoms with Crippen molar-refractivity contribution in [2.24, 2.45) is 7.05 Å². The molecule has 23 heavy (non-hydrogen) atoms. The van der Waals surface area contributed by atoms with Gasteiger partial charge < -0.3 is 0 Å². The first-order valence-corrected chi connectivity index (χ1v) is 8.83. The normalized spacial score (nSPS) is 14.2. The van der Waals surface area contributed by atoms with Gasteiger partial charge in [-0.1, -0.05) is 0 Å². The Morgan fingerprint density at radius 2 is 1.91 bits per heavy atom. The molecule has 0 atom stereocenters. The lowest BCUT2D eigenvalue weighted by Gasteiger charge is -2.09. The van der Waals surface area contributed by atoms with Gasteiger partial charge in [0.2, 0.25) is 0 Å². The first kappa shape index (κ1) is 14.6. The summed E-state index contributed by atoms with van der Waals surface area (Å²) in [7, 11) is 1.77. The summed E-state index contributed by atoms with van der Waals surface area (Å²) in [6, 6.07) is 4.04. The van der Waals surface area contributed by atoms with Crippen LogP contribution in [0.15, 0.2) is 16.9 Å². The van der Waals surface area contributed by atoms with Gasteiger partial charge in [0.05, 0.1) is 16.6 Å². The lowest BCUT2D eigenvalue weighted by molar-refractivity contribution is 0.682. The van der Waals surface area contributed by atoms with Crippen LogP contribution in [0.2, 0.25) is 0 Å². The first-order valence-electron chi connectivity index (χ1n) is 8.01. The zero-order chi connectivity index (χ0) is 16.1. The SMILES string of the molecule is Cc1cc(-c2nc3c(s2)CCCC3)c2nc(C)n(C)c(=O)c2c1. The third-order valence-corrected chi connectivity index (χ3v) is 5.82. The van der Waals surface area contributed by atoms with Gasteiger partial charge in [-0.3, -0.25) is 9.36 Å². The standard InChI is InChI=1S/C18H19N3OS/c1-10-8-12(17-20-14-6-4-5-7-15(14)23-17)16-13(9-10)18(22)21(3)11(2)19-16/h8-9H,4-7H2,1-3H3. The molecule has 1 aliphatic rings. The summed E-state index contributed by atoms with van der Waals surface area (Å²) in [5, 5.41) is 1.69. The largest absolute Gasteiger partial charge is 0.299 e. The summed E-state index contributed by atoms with van der Waals surface area (Å²) in [6.07, 6.45) is 4.68. The molecule has 118 valence electrons. The number of benzene rings is 1. The van der Waals surface area contributed by atoms with Crippen molar-refractivity contribution >= 4 is 22.2 Å². The average molecular weight is 325 g/mol. The van der Waals surface area contributed by atoms with Crippen LogP contribution in [0.5, 0.6) is 0 Å². The Hall–Kier alpha value is -2.01. The summed E-state index contributed by atoms with van der Waals surface area (Å²) in [5.41, 5.74) is 4.11. The minimum atomic E-state index is 0.0127. The van der Waals surface area contributed by atoms with E-state index in [-0.39, 0.29) is 5.56 Å². The van der Waals surface area contributed by atoms with Gasteiger partial charge >= 0.3 is 0 Å². The molecule has 2 heterocycles. The van der Waals surface area contributed by atoms with E-state index in [2.05, 4.69) is 11.1 Å². The summed E-state index contributed by atoms with van der Waals surface area (Å²) < 4.78 is 1.61. The first-order chi connectivity index (χ1) is 11.0. The second-order valence-corrected chi connectivity index (χ2v) is 7.41. The lowest BCUT2D eigenvalue weighted by atomic mass is 10.0. The molecule has 3 aromatic rings. The van der Waals surface area contributed by atoms with Crippen LogP contribution in [0.4, 0.5) is 0 Å². The minimum absolute atomic E-state index is 0.0127. The van der Waals surface area contributed by atoms with E-state index in [1.54, 1.807) is 23.0 Å². The fourth-order valence-electron chi connectivity index (χ4n) is 3.26. The Labute approximate surface area is 138 Å². The molecule has 0 saturated heterocycles. The minimum Gasteiger partial charge on any atom is -0.299 e. The Balaban J connectivity index is 2.03. The summed E-state index contributed by atoms with van der Waals surface area (Å²) in [5.74, 6) is 0.730. The molecule has 0 saturated carbocycles. The van der Waals surface area contributed by atoms with E-state index in [1.807, 2.05) is 19.9 Å². The van der Waals surface area contributed by atoms with Gasteiger partial charge in [-0.2, -0.15) is 0 Å². The summed E-state index contributed by atoms with van der Waals surface area (Å²) in [4.78, 5) is 23.5. The molecule has 0 amide bonds. The van der Waals surface area contributed by atoms with Crippen LogP contribution in [0.3, 0.4) is 0 Å². The highest BCUT2D eigenvalue weighted by atomic mass is 32.1. The second-order valence-electron chi connectivity index (χ2n) is 6.33. The highest BCUT2D eigenvalue weighted by Gasteiger charge is 2.19. The van der Waals surface area contributed by atoms with Crippen molar-refractivity contribution in [3.05, 3.63) is 44.4 Å². The molecule has 4 nitrogen and oxygen atoms in total. The highest BCUT2D eigenvalue weighted by molar-refractivity contribution is 7.15. The Bertz CT molecular complexity index is 961. The number of hydrogen-bond donors (Lipinski definition) is 0. The fraction of sp³-hybridized carbons (Fsp3) is 0.389. The predicted octanol–water partition coefficient (Wildman–Crippen LogP) is 3.55. The number of fused-ring (bicyclic) bond motifs is 2. The molecule has 5 heteroatoms. The smallest absolute Gasteiger partial charge is 0.261 e. The van der Waals surface area contributed by atoms with E-state index in [1.165, 1.54) is 23.4 Å². The van der Waals surface area contributed by atoms with Crippen LogP contribution in [-0.4, -0.2) is 14.5 Å². The van der Waals surface area contributed by atoms with Gasteiger partial charge in [0.1, 0.15) is 10.8 Å². The van der Waals surface area contributed by atoms with Crippen molar-refractivity contribution in [1.82, 2.24) is 14.5 Å². The number of thiazole rings is 1. The molecule has 2 aromatic heterocycles. The molecule has 0 aliphatic heterocycles. The third kappa shape index (κ3) is 2.30. The molecule has 0 N–H and O–H groups in total. The Morgan fingerprint density at radius 1 is 1.13 bits per heavy atom. The zero-order valence-electron chi connectivity index (χ0n) is 13.6. The molecule has 0 spiro atoms. The Morgan fingerprint density at radius 3 is 2.70 bits per heavy atom. The van der Waals surface area contributed by atoms with Crippen molar-refractivity contribution in [3.8, 4) is 10.6 Å². The third-order valence-electron chi connectivity index (χ3n) is 4.62. The molecule has 0 bridgehead atoms. The maximum atomic E-state index is 12.6. The molecule has 0 unspecified atom stereocenters. The van der Waals surface area contributed by atoms with Gasteiger partial charge in [0.25, 0.3) is 5.56 Å². The maximum absolute atomic E-state index is 12.6. The second kappa shape index (κ2) is 5.27. The topological polar surface area (TPSA) is 47.8 Å². The monoisotopic (exact) mass is 325 g/mol. The number of rotatable bonds is 1. The number of aromatic nitrogens is 3. The van der Waals surface area contributed by atoms with Crippen LogP contribution in [0, 0.1) is 13.8 Å². The zero-order valence-corrected chi connectivity index (χ0v) is 14.5. The fourth-order valence-corrected chi connectivity index (χ4v) is 4.42. The average Bonchev–Trinajstić information content (AvgIpc) is 2.97. The van der Waals surface area contributed by atoms with Gasteiger partial charge in [-0.15, -0.1) is 11.3 Å². The van der Waals surface area contributed by atoms with Crippen molar-refractivity contribution in [2.75, 3.05) is 0 Å². The molecule has 1 aromatic carbocycles. The van der Waals surface area contributed by atoms with Crippen molar-refractivity contribution in [3.63, 3.8) is 0 Å². The van der Waals surface area contributed by atoms with Gasteiger partial charge in [-0.25, -0.2) is 9.97 Å². The van der Waals surface area contributed by atoms with Crippen molar-refractivity contribution < 1.29 is 0 Å². The van der Waals surface area contributed by atoms with Crippen LogP contribution < -0.4 is 5.56 Å². The maximum Gasteiger partial charge on any atom is 0.261 e. The van der Waals surface area contributed by atoms with Gasteiger partial charge in [0.15, 0.2) is 0 Å². The molecular formula is C18H19N3OS. The van der Waals surface area contributed by atoms with Crippen molar-refractivity contribution in [2.45, 2.75) is 39.5 Å². The highest BCUT2D eigenvalue weighted by Crippen LogP contribution is 2.35.